The lowest BCUT2D eigenvalue weighted by Crippen LogP contribution is -2.16. The van der Waals surface area contributed by atoms with Crippen molar-refractivity contribution in [1.29, 1.82) is 0 Å². The van der Waals surface area contributed by atoms with Gasteiger partial charge in [0, 0.05) is 15.7 Å². The predicted octanol–water partition coefficient (Wildman–Crippen LogP) is 3.90. The van der Waals surface area contributed by atoms with Gasteiger partial charge in [-0.05, 0) is 66.7 Å². The van der Waals surface area contributed by atoms with E-state index in [1.165, 1.54) is 60.7 Å². The summed E-state index contributed by atoms with van der Waals surface area (Å²) >= 11 is 3.17. The van der Waals surface area contributed by atoms with E-state index in [0.29, 0.717) is 4.47 Å². The van der Waals surface area contributed by atoms with Gasteiger partial charge in [0.15, 0.2) is 0 Å². The van der Waals surface area contributed by atoms with Gasteiger partial charge < -0.3 is 15.5 Å². The molecule has 0 heterocycles. The van der Waals surface area contributed by atoms with Gasteiger partial charge in [-0.15, -0.1) is 0 Å². The van der Waals surface area contributed by atoms with Gasteiger partial charge in [-0.25, -0.2) is 18.0 Å². The van der Waals surface area contributed by atoms with Crippen molar-refractivity contribution in [3.8, 4) is 0 Å². The SMILES string of the molecule is O=C(O)c1ccc(NS(=O)(=O)c2ccc(C(=O)Nc3ccc(Br)cc3C(=O)O)cc2)cc1. The molecule has 0 radical (unpaired) electrons. The van der Waals surface area contributed by atoms with E-state index in [1.54, 1.807) is 6.07 Å². The minimum atomic E-state index is -3.98. The first-order chi connectivity index (χ1) is 15.1. The van der Waals surface area contributed by atoms with Gasteiger partial charge in [-0.3, -0.25) is 9.52 Å². The fraction of sp³-hybridized carbons (Fsp3) is 0. The van der Waals surface area contributed by atoms with Crippen molar-refractivity contribution >= 4 is 55.2 Å². The van der Waals surface area contributed by atoms with Crippen LogP contribution in [0.15, 0.2) is 76.1 Å². The van der Waals surface area contributed by atoms with E-state index in [2.05, 4.69) is 26.0 Å². The Balaban J connectivity index is 1.76. The third kappa shape index (κ3) is 5.31. The molecule has 0 fully saturated rings. The van der Waals surface area contributed by atoms with Crippen LogP contribution in [0.4, 0.5) is 11.4 Å². The maximum atomic E-state index is 12.5. The molecule has 0 atom stereocenters. The third-order valence-corrected chi connectivity index (χ3v) is 6.16. The Morgan fingerprint density at radius 3 is 1.94 bits per heavy atom. The number of halogens is 1. The Kier molecular flexibility index (Phi) is 6.61. The summed E-state index contributed by atoms with van der Waals surface area (Å²) < 4.78 is 28.0. The van der Waals surface area contributed by atoms with Crippen LogP contribution in [0.1, 0.15) is 31.1 Å². The van der Waals surface area contributed by atoms with Crippen molar-refractivity contribution in [2.75, 3.05) is 10.0 Å². The van der Waals surface area contributed by atoms with Crippen molar-refractivity contribution in [1.82, 2.24) is 0 Å². The summed E-state index contributed by atoms with van der Waals surface area (Å²) in [6, 6.07) is 14.6. The highest BCUT2D eigenvalue weighted by Gasteiger charge is 2.17. The Morgan fingerprint density at radius 2 is 1.38 bits per heavy atom. The maximum absolute atomic E-state index is 12.5. The quantitative estimate of drug-likeness (QED) is 0.370. The van der Waals surface area contributed by atoms with Crippen LogP contribution < -0.4 is 10.0 Å². The lowest BCUT2D eigenvalue weighted by molar-refractivity contribution is 0.0686. The van der Waals surface area contributed by atoms with Gasteiger partial charge in [-0.1, -0.05) is 15.9 Å². The summed E-state index contributed by atoms with van der Waals surface area (Å²) in [5.74, 6) is -2.96. The number of carboxylic acid groups (broad SMARTS) is 2. The largest absolute Gasteiger partial charge is 0.478 e. The molecule has 0 aliphatic heterocycles. The highest BCUT2D eigenvalue weighted by atomic mass is 79.9. The zero-order chi connectivity index (χ0) is 23.5. The minimum Gasteiger partial charge on any atom is -0.478 e. The molecule has 3 rings (SSSR count). The van der Waals surface area contributed by atoms with E-state index in [1.807, 2.05) is 0 Å². The van der Waals surface area contributed by atoms with Crippen LogP contribution in [0.3, 0.4) is 0 Å². The molecule has 0 aliphatic carbocycles. The Hall–Kier alpha value is -3.70. The number of carbonyl (C=O) groups is 3. The molecule has 9 nitrogen and oxygen atoms in total. The van der Waals surface area contributed by atoms with Crippen molar-refractivity contribution in [3.63, 3.8) is 0 Å². The second-order valence-electron chi connectivity index (χ2n) is 6.46. The van der Waals surface area contributed by atoms with E-state index < -0.39 is 27.9 Å². The molecule has 4 N–H and O–H groups in total. The Morgan fingerprint density at radius 1 is 0.781 bits per heavy atom. The normalized spacial score (nSPS) is 10.9. The molecule has 11 heteroatoms. The third-order valence-electron chi connectivity index (χ3n) is 4.27. The molecule has 0 spiro atoms. The van der Waals surface area contributed by atoms with Crippen LogP contribution in [0.5, 0.6) is 0 Å². The molecular weight excluding hydrogens is 504 g/mol. The molecular formula is C21H15BrN2O7S. The minimum absolute atomic E-state index is 0.0140. The standard InChI is InChI=1S/C21H15BrN2O7S/c22-14-5-10-18(17(11-14)21(28)29)23-19(25)12-3-8-16(9-4-12)32(30,31)24-15-6-1-13(2-7-15)20(26)27/h1-11,24H,(H,23,25)(H,26,27)(H,28,29). The Labute approximate surface area is 190 Å². The van der Waals surface area contributed by atoms with Crippen LogP contribution >= 0.6 is 15.9 Å². The fourth-order valence-corrected chi connectivity index (χ4v) is 4.10. The van der Waals surface area contributed by atoms with E-state index in [4.69, 9.17) is 5.11 Å². The van der Waals surface area contributed by atoms with Crippen LogP contribution in [0.2, 0.25) is 0 Å². The molecule has 0 saturated heterocycles. The lowest BCUT2D eigenvalue weighted by Gasteiger charge is -2.11. The molecule has 0 saturated carbocycles. The van der Waals surface area contributed by atoms with Crippen molar-refractivity contribution in [3.05, 3.63) is 87.9 Å². The zero-order valence-corrected chi connectivity index (χ0v) is 18.5. The number of rotatable bonds is 7. The van der Waals surface area contributed by atoms with E-state index in [-0.39, 0.29) is 33.0 Å². The number of carbonyl (C=O) groups excluding carboxylic acids is 1. The molecule has 3 aromatic carbocycles. The van der Waals surface area contributed by atoms with Crippen molar-refractivity contribution in [2.24, 2.45) is 0 Å². The second kappa shape index (κ2) is 9.20. The average molecular weight is 519 g/mol. The molecule has 0 bridgehead atoms. The van der Waals surface area contributed by atoms with Gasteiger partial charge in [0.25, 0.3) is 15.9 Å². The molecule has 0 aromatic heterocycles. The van der Waals surface area contributed by atoms with Crippen molar-refractivity contribution in [2.45, 2.75) is 4.90 Å². The average Bonchev–Trinajstić information content (AvgIpc) is 2.75. The summed E-state index contributed by atoms with van der Waals surface area (Å²) in [6.45, 7) is 0. The maximum Gasteiger partial charge on any atom is 0.337 e. The molecule has 0 aliphatic rings. The number of nitrogens with one attached hydrogen (secondary N) is 2. The lowest BCUT2D eigenvalue weighted by atomic mass is 10.1. The summed E-state index contributed by atoms with van der Waals surface area (Å²) in [6.07, 6.45) is 0. The number of aromatic carboxylic acids is 2. The number of hydrogen-bond donors (Lipinski definition) is 4. The number of benzene rings is 3. The van der Waals surface area contributed by atoms with E-state index in [9.17, 15) is 27.9 Å². The van der Waals surface area contributed by atoms with E-state index >= 15 is 0 Å². The summed E-state index contributed by atoms with van der Waals surface area (Å²) in [5.41, 5.74) is 0.293. The van der Waals surface area contributed by atoms with Crippen LogP contribution in [0, 0.1) is 0 Å². The highest BCUT2D eigenvalue weighted by molar-refractivity contribution is 9.10. The van der Waals surface area contributed by atoms with Gasteiger partial charge >= 0.3 is 11.9 Å². The van der Waals surface area contributed by atoms with Gasteiger partial charge in [0.05, 0.1) is 21.7 Å². The number of anilines is 2. The van der Waals surface area contributed by atoms with Gasteiger partial charge in [-0.2, -0.15) is 0 Å². The highest BCUT2D eigenvalue weighted by Crippen LogP contribution is 2.22. The number of amides is 1. The molecule has 1 amide bonds. The Bertz CT molecular complexity index is 1300. The topological polar surface area (TPSA) is 150 Å². The first-order valence-electron chi connectivity index (χ1n) is 8.87. The van der Waals surface area contributed by atoms with Crippen LogP contribution in [-0.4, -0.2) is 36.5 Å². The second-order valence-corrected chi connectivity index (χ2v) is 9.06. The number of sulfonamides is 1. The summed E-state index contributed by atoms with van der Waals surface area (Å²) in [4.78, 5) is 34.6. The number of hydrogen-bond acceptors (Lipinski definition) is 5. The first kappa shape index (κ1) is 23.0. The molecule has 164 valence electrons. The van der Waals surface area contributed by atoms with Crippen LogP contribution in [-0.2, 0) is 10.0 Å². The molecule has 32 heavy (non-hydrogen) atoms. The van der Waals surface area contributed by atoms with E-state index in [0.717, 1.165) is 0 Å². The molecule has 0 unspecified atom stereocenters. The fourth-order valence-electron chi connectivity index (χ4n) is 2.68. The predicted molar refractivity (Wildman–Crippen MR) is 120 cm³/mol. The molecule has 3 aromatic rings. The number of carboxylic acids is 2. The zero-order valence-electron chi connectivity index (χ0n) is 16.1. The first-order valence-corrected chi connectivity index (χ1v) is 11.1. The summed E-state index contributed by atoms with van der Waals surface area (Å²) in [7, 11) is -3.98. The van der Waals surface area contributed by atoms with Gasteiger partial charge in [0.2, 0.25) is 0 Å². The van der Waals surface area contributed by atoms with Gasteiger partial charge in [0.1, 0.15) is 0 Å². The van der Waals surface area contributed by atoms with Crippen LogP contribution in [0.25, 0.3) is 0 Å². The monoisotopic (exact) mass is 518 g/mol. The summed E-state index contributed by atoms with van der Waals surface area (Å²) in [5, 5.41) is 20.7. The smallest absolute Gasteiger partial charge is 0.337 e. The van der Waals surface area contributed by atoms with Crippen molar-refractivity contribution < 1.29 is 33.0 Å².